The van der Waals surface area contributed by atoms with Crippen molar-refractivity contribution in [2.75, 3.05) is 10.2 Å². The van der Waals surface area contributed by atoms with Crippen molar-refractivity contribution >= 4 is 45.0 Å². The SMILES string of the molecule is O=C(Nc1ccc(N2C(=O)CCCC2=O)cc1)c1ccccc1Oc1cccc(Br)c1. The standard InChI is InChI=1S/C24H19BrN2O4/c25-16-5-3-6-19(15-16)31-21-8-2-1-7-20(21)24(30)26-17-11-13-18(14-12-17)27-22(28)9-4-10-23(27)29/h1-3,5-8,11-15H,4,9-10H2,(H,26,30). The van der Waals surface area contributed by atoms with E-state index in [2.05, 4.69) is 21.2 Å². The second-order valence-corrected chi connectivity index (χ2v) is 7.95. The number of halogens is 1. The Morgan fingerprint density at radius 2 is 1.61 bits per heavy atom. The average molecular weight is 479 g/mol. The molecule has 1 aliphatic rings. The molecule has 3 aromatic carbocycles. The second kappa shape index (κ2) is 9.14. The first-order valence-corrected chi connectivity index (χ1v) is 10.6. The number of nitrogens with zero attached hydrogens (tertiary/aromatic N) is 1. The van der Waals surface area contributed by atoms with Gasteiger partial charge < -0.3 is 10.1 Å². The molecule has 0 aliphatic carbocycles. The predicted octanol–water partition coefficient (Wildman–Crippen LogP) is 5.54. The number of hydrogen-bond acceptors (Lipinski definition) is 4. The Morgan fingerprint density at radius 3 is 2.32 bits per heavy atom. The van der Waals surface area contributed by atoms with Gasteiger partial charge in [0.1, 0.15) is 11.5 Å². The summed E-state index contributed by atoms with van der Waals surface area (Å²) in [7, 11) is 0. The van der Waals surface area contributed by atoms with Crippen LogP contribution in [0.3, 0.4) is 0 Å². The molecular weight excluding hydrogens is 460 g/mol. The molecule has 156 valence electrons. The molecule has 0 spiro atoms. The highest BCUT2D eigenvalue weighted by Crippen LogP contribution is 2.28. The molecule has 0 bridgehead atoms. The van der Waals surface area contributed by atoms with E-state index in [1.807, 2.05) is 18.2 Å². The highest BCUT2D eigenvalue weighted by Gasteiger charge is 2.27. The van der Waals surface area contributed by atoms with E-state index in [0.717, 1.165) is 4.47 Å². The summed E-state index contributed by atoms with van der Waals surface area (Å²) in [6.07, 6.45) is 1.31. The van der Waals surface area contributed by atoms with E-state index in [1.54, 1.807) is 54.6 Å². The van der Waals surface area contributed by atoms with Crippen molar-refractivity contribution < 1.29 is 19.1 Å². The fourth-order valence-corrected chi connectivity index (χ4v) is 3.71. The summed E-state index contributed by atoms with van der Waals surface area (Å²) in [5.74, 6) is 0.302. The zero-order valence-corrected chi connectivity index (χ0v) is 18.1. The smallest absolute Gasteiger partial charge is 0.259 e. The topological polar surface area (TPSA) is 75.7 Å². The predicted molar refractivity (Wildman–Crippen MR) is 121 cm³/mol. The molecule has 1 saturated heterocycles. The maximum absolute atomic E-state index is 12.9. The minimum atomic E-state index is -0.330. The second-order valence-electron chi connectivity index (χ2n) is 7.03. The normalized spacial score (nSPS) is 13.8. The highest BCUT2D eigenvalue weighted by molar-refractivity contribution is 9.10. The molecule has 0 radical (unpaired) electrons. The van der Waals surface area contributed by atoms with Crippen molar-refractivity contribution in [1.29, 1.82) is 0 Å². The van der Waals surface area contributed by atoms with Gasteiger partial charge in [0, 0.05) is 23.0 Å². The monoisotopic (exact) mass is 478 g/mol. The fourth-order valence-electron chi connectivity index (χ4n) is 3.33. The summed E-state index contributed by atoms with van der Waals surface area (Å²) >= 11 is 3.40. The molecule has 0 aromatic heterocycles. The molecule has 1 aliphatic heterocycles. The number of nitrogens with one attached hydrogen (secondary N) is 1. The van der Waals surface area contributed by atoms with Crippen LogP contribution in [0.25, 0.3) is 0 Å². The summed E-state index contributed by atoms with van der Waals surface area (Å²) in [5.41, 5.74) is 1.43. The van der Waals surface area contributed by atoms with Crippen LogP contribution in [0.15, 0.2) is 77.3 Å². The molecule has 3 aromatic rings. The number of piperidine rings is 1. The van der Waals surface area contributed by atoms with Crippen LogP contribution >= 0.6 is 15.9 Å². The lowest BCUT2D eigenvalue weighted by molar-refractivity contribution is -0.129. The van der Waals surface area contributed by atoms with Crippen LogP contribution < -0.4 is 15.0 Å². The van der Waals surface area contributed by atoms with Gasteiger partial charge >= 0.3 is 0 Å². The van der Waals surface area contributed by atoms with Gasteiger partial charge in [0.2, 0.25) is 11.8 Å². The summed E-state index contributed by atoms with van der Waals surface area (Å²) in [6, 6.07) is 21.0. The number of rotatable bonds is 5. The zero-order valence-electron chi connectivity index (χ0n) is 16.5. The molecule has 31 heavy (non-hydrogen) atoms. The first kappa shape index (κ1) is 20.8. The number of hydrogen-bond donors (Lipinski definition) is 1. The van der Waals surface area contributed by atoms with Crippen molar-refractivity contribution in [3.8, 4) is 11.5 Å². The van der Waals surface area contributed by atoms with Crippen molar-refractivity contribution in [1.82, 2.24) is 0 Å². The number of anilines is 2. The van der Waals surface area contributed by atoms with E-state index >= 15 is 0 Å². The van der Waals surface area contributed by atoms with Gasteiger partial charge in [-0.15, -0.1) is 0 Å². The minimum absolute atomic E-state index is 0.202. The Kier molecular flexibility index (Phi) is 6.13. The summed E-state index contributed by atoms with van der Waals surface area (Å²) < 4.78 is 6.77. The molecule has 4 rings (SSSR count). The average Bonchev–Trinajstić information content (AvgIpc) is 2.75. The Balaban J connectivity index is 1.50. The number of carbonyl (C=O) groups is 3. The lowest BCUT2D eigenvalue weighted by Gasteiger charge is -2.25. The fraction of sp³-hybridized carbons (Fsp3) is 0.125. The molecular formula is C24H19BrN2O4. The van der Waals surface area contributed by atoms with Crippen molar-refractivity contribution in [3.63, 3.8) is 0 Å². The maximum atomic E-state index is 12.9. The van der Waals surface area contributed by atoms with E-state index in [4.69, 9.17) is 4.74 Å². The van der Waals surface area contributed by atoms with Crippen molar-refractivity contribution in [2.24, 2.45) is 0 Å². The molecule has 6 nitrogen and oxygen atoms in total. The Morgan fingerprint density at radius 1 is 0.903 bits per heavy atom. The first-order chi connectivity index (χ1) is 15.0. The van der Waals surface area contributed by atoms with Crippen LogP contribution in [0.2, 0.25) is 0 Å². The molecule has 0 atom stereocenters. The molecule has 7 heteroatoms. The van der Waals surface area contributed by atoms with Gasteiger partial charge in [-0.25, -0.2) is 0 Å². The van der Waals surface area contributed by atoms with Gasteiger partial charge in [-0.2, -0.15) is 0 Å². The van der Waals surface area contributed by atoms with Gasteiger partial charge in [-0.1, -0.05) is 34.1 Å². The van der Waals surface area contributed by atoms with Crippen molar-refractivity contribution in [2.45, 2.75) is 19.3 Å². The quantitative estimate of drug-likeness (QED) is 0.488. The molecule has 3 amide bonds. The van der Waals surface area contributed by atoms with Crippen LogP contribution in [0.1, 0.15) is 29.6 Å². The summed E-state index contributed by atoms with van der Waals surface area (Å²) in [5, 5.41) is 2.83. The number of amides is 3. The summed E-state index contributed by atoms with van der Waals surface area (Å²) in [6.45, 7) is 0. The Hall–Kier alpha value is -3.45. The van der Waals surface area contributed by atoms with E-state index in [1.165, 1.54) is 4.90 Å². The lowest BCUT2D eigenvalue weighted by Crippen LogP contribution is -2.40. The number of benzene rings is 3. The van der Waals surface area contributed by atoms with Crippen molar-refractivity contribution in [3.05, 3.63) is 82.8 Å². The molecule has 1 fully saturated rings. The molecule has 0 saturated carbocycles. The molecule has 0 unspecified atom stereocenters. The number of ether oxygens (including phenoxy) is 1. The zero-order chi connectivity index (χ0) is 21.8. The van der Waals surface area contributed by atoms with Gasteiger partial charge in [0.05, 0.1) is 11.3 Å². The van der Waals surface area contributed by atoms with Crippen LogP contribution in [0.4, 0.5) is 11.4 Å². The third kappa shape index (κ3) is 4.83. The Bertz CT molecular complexity index is 1130. The Labute approximate surface area is 188 Å². The van der Waals surface area contributed by atoms with Crippen LogP contribution in [0, 0.1) is 0 Å². The van der Waals surface area contributed by atoms with E-state index < -0.39 is 0 Å². The number of imide groups is 1. The van der Waals surface area contributed by atoms with Crippen LogP contribution in [-0.4, -0.2) is 17.7 Å². The van der Waals surface area contributed by atoms with Crippen LogP contribution in [-0.2, 0) is 9.59 Å². The van der Waals surface area contributed by atoms with E-state index in [9.17, 15) is 14.4 Å². The van der Waals surface area contributed by atoms with Gasteiger partial charge in [0.25, 0.3) is 5.91 Å². The largest absolute Gasteiger partial charge is 0.456 e. The summed E-state index contributed by atoms with van der Waals surface area (Å²) in [4.78, 5) is 38.2. The van der Waals surface area contributed by atoms with Gasteiger partial charge in [-0.05, 0) is 61.0 Å². The van der Waals surface area contributed by atoms with E-state index in [-0.39, 0.29) is 17.7 Å². The van der Waals surface area contributed by atoms with Gasteiger partial charge in [-0.3, -0.25) is 19.3 Å². The first-order valence-electron chi connectivity index (χ1n) is 9.81. The molecule has 1 heterocycles. The van der Waals surface area contributed by atoms with Gasteiger partial charge in [0.15, 0.2) is 0 Å². The number of para-hydroxylation sites is 1. The minimum Gasteiger partial charge on any atom is -0.456 e. The highest BCUT2D eigenvalue weighted by atomic mass is 79.9. The third-order valence-corrected chi connectivity index (χ3v) is 5.31. The van der Waals surface area contributed by atoms with E-state index in [0.29, 0.717) is 47.7 Å². The number of carbonyl (C=O) groups excluding carboxylic acids is 3. The van der Waals surface area contributed by atoms with Crippen LogP contribution in [0.5, 0.6) is 11.5 Å². The lowest BCUT2D eigenvalue weighted by atomic mass is 10.1. The molecule has 1 N–H and O–H groups in total. The maximum Gasteiger partial charge on any atom is 0.259 e. The third-order valence-electron chi connectivity index (χ3n) is 4.82.